The van der Waals surface area contributed by atoms with E-state index in [1.807, 2.05) is 36.4 Å². The molecule has 18 heavy (non-hydrogen) atoms. The van der Waals surface area contributed by atoms with Crippen molar-refractivity contribution in [3.05, 3.63) is 59.1 Å². The van der Waals surface area contributed by atoms with E-state index >= 15 is 0 Å². The highest BCUT2D eigenvalue weighted by molar-refractivity contribution is 6.33. The van der Waals surface area contributed by atoms with Crippen LogP contribution < -0.4 is 11.1 Å². The third-order valence-corrected chi connectivity index (χ3v) is 3.14. The first-order valence-electron chi connectivity index (χ1n) is 6.01. The van der Waals surface area contributed by atoms with E-state index in [1.54, 1.807) is 0 Å². The normalized spacial score (nSPS) is 12.1. The van der Waals surface area contributed by atoms with Gasteiger partial charge in [-0.1, -0.05) is 48.0 Å². The van der Waals surface area contributed by atoms with Crippen molar-refractivity contribution in [3.8, 4) is 0 Å². The molecule has 2 aromatic rings. The lowest BCUT2D eigenvalue weighted by atomic mass is 10.1. The monoisotopic (exact) mass is 260 g/mol. The summed E-state index contributed by atoms with van der Waals surface area (Å²) in [7, 11) is 0. The number of anilines is 2. The predicted molar refractivity (Wildman–Crippen MR) is 79.1 cm³/mol. The van der Waals surface area contributed by atoms with Gasteiger partial charge in [0.15, 0.2) is 0 Å². The molecule has 0 heterocycles. The Kier molecular flexibility index (Phi) is 4.11. The van der Waals surface area contributed by atoms with Gasteiger partial charge in [-0.2, -0.15) is 0 Å². The summed E-state index contributed by atoms with van der Waals surface area (Å²) in [5.41, 5.74) is 8.72. The quantitative estimate of drug-likeness (QED) is 0.817. The third kappa shape index (κ3) is 3.17. The number of benzene rings is 2. The first-order valence-corrected chi connectivity index (χ1v) is 6.39. The van der Waals surface area contributed by atoms with Crippen LogP contribution in [0.25, 0.3) is 0 Å². The van der Waals surface area contributed by atoms with Crippen LogP contribution in [-0.2, 0) is 6.42 Å². The summed E-state index contributed by atoms with van der Waals surface area (Å²) in [6, 6.07) is 16.2. The second-order valence-corrected chi connectivity index (χ2v) is 4.85. The van der Waals surface area contributed by atoms with Crippen molar-refractivity contribution in [3.63, 3.8) is 0 Å². The molecule has 3 heteroatoms. The molecule has 0 aliphatic rings. The van der Waals surface area contributed by atoms with Crippen LogP contribution in [0.4, 0.5) is 11.4 Å². The Hall–Kier alpha value is -1.67. The van der Waals surface area contributed by atoms with E-state index in [-0.39, 0.29) is 6.04 Å². The molecule has 0 aliphatic carbocycles. The van der Waals surface area contributed by atoms with Crippen LogP contribution in [0, 0.1) is 0 Å². The largest absolute Gasteiger partial charge is 0.397 e. The Morgan fingerprint density at radius 1 is 1.11 bits per heavy atom. The molecular weight excluding hydrogens is 244 g/mol. The molecule has 0 saturated carbocycles. The summed E-state index contributed by atoms with van der Waals surface area (Å²) in [5, 5.41) is 4.03. The number of nitrogens with one attached hydrogen (secondary N) is 1. The van der Waals surface area contributed by atoms with Gasteiger partial charge in [-0.15, -0.1) is 0 Å². The fourth-order valence-corrected chi connectivity index (χ4v) is 2.19. The minimum Gasteiger partial charge on any atom is -0.397 e. The highest BCUT2D eigenvalue weighted by atomic mass is 35.5. The Morgan fingerprint density at radius 3 is 2.50 bits per heavy atom. The Balaban J connectivity index is 2.06. The van der Waals surface area contributed by atoms with E-state index < -0.39 is 0 Å². The molecule has 94 valence electrons. The maximum Gasteiger partial charge on any atom is 0.0765 e. The smallest absolute Gasteiger partial charge is 0.0765 e. The zero-order valence-electron chi connectivity index (χ0n) is 10.4. The molecule has 2 aromatic carbocycles. The van der Waals surface area contributed by atoms with Crippen LogP contribution in [0.2, 0.25) is 5.02 Å². The zero-order chi connectivity index (χ0) is 13.0. The van der Waals surface area contributed by atoms with Gasteiger partial charge in [0, 0.05) is 6.04 Å². The van der Waals surface area contributed by atoms with Crippen LogP contribution in [-0.4, -0.2) is 6.04 Å². The van der Waals surface area contributed by atoms with Gasteiger partial charge < -0.3 is 11.1 Å². The van der Waals surface area contributed by atoms with Gasteiger partial charge in [-0.25, -0.2) is 0 Å². The number of hydrogen-bond donors (Lipinski definition) is 2. The second-order valence-electron chi connectivity index (χ2n) is 4.44. The van der Waals surface area contributed by atoms with Crippen LogP contribution >= 0.6 is 11.6 Å². The average molecular weight is 261 g/mol. The second kappa shape index (κ2) is 5.78. The summed E-state index contributed by atoms with van der Waals surface area (Å²) >= 11 is 6.13. The molecule has 2 rings (SSSR count). The van der Waals surface area contributed by atoms with E-state index in [2.05, 4.69) is 24.4 Å². The van der Waals surface area contributed by atoms with Gasteiger partial charge in [0.25, 0.3) is 0 Å². The molecule has 0 radical (unpaired) electrons. The first kappa shape index (κ1) is 12.8. The molecular formula is C15H17ClN2. The SMILES string of the molecule is CC(Cc1ccccc1)Nc1c(N)cccc1Cl. The summed E-state index contributed by atoms with van der Waals surface area (Å²) in [5.74, 6) is 0. The minimum absolute atomic E-state index is 0.273. The standard InChI is InChI=1S/C15H17ClN2/c1-11(10-12-6-3-2-4-7-12)18-15-13(16)8-5-9-14(15)17/h2-9,11,18H,10,17H2,1H3. The number of nitrogens with two attached hydrogens (primary N) is 1. The number of nitrogen functional groups attached to an aromatic ring is 1. The highest BCUT2D eigenvalue weighted by Gasteiger charge is 2.08. The van der Waals surface area contributed by atoms with Crippen molar-refractivity contribution in [2.45, 2.75) is 19.4 Å². The summed E-state index contributed by atoms with van der Waals surface area (Å²) in [6.07, 6.45) is 0.936. The molecule has 0 spiro atoms. The summed E-state index contributed by atoms with van der Waals surface area (Å²) in [4.78, 5) is 0. The van der Waals surface area contributed by atoms with Crippen molar-refractivity contribution >= 4 is 23.0 Å². The lowest BCUT2D eigenvalue weighted by Gasteiger charge is -2.18. The Labute approximate surface area is 113 Å². The van der Waals surface area contributed by atoms with E-state index in [4.69, 9.17) is 17.3 Å². The van der Waals surface area contributed by atoms with E-state index in [0.717, 1.165) is 12.1 Å². The van der Waals surface area contributed by atoms with Gasteiger partial charge in [0.2, 0.25) is 0 Å². The average Bonchev–Trinajstić information content (AvgIpc) is 2.35. The van der Waals surface area contributed by atoms with Crippen molar-refractivity contribution in [2.75, 3.05) is 11.1 Å². The van der Waals surface area contributed by atoms with E-state index in [0.29, 0.717) is 10.7 Å². The van der Waals surface area contributed by atoms with Gasteiger partial charge in [-0.3, -0.25) is 0 Å². The molecule has 0 bridgehead atoms. The van der Waals surface area contributed by atoms with Crippen molar-refractivity contribution in [1.82, 2.24) is 0 Å². The molecule has 1 atom stereocenters. The van der Waals surface area contributed by atoms with E-state index in [9.17, 15) is 0 Å². The number of rotatable bonds is 4. The van der Waals surface area contributed by atoms with Gasteiger partial charge >= 0.3 is 0 Å². The number of halogens is 1. The Morgan fingerprint density at radius 2 is 1.83 bits per heavy atom. The Bertz CT molecular complexity index is 491. The van der Waals surface area contributed by atoms with Crippen molar-refractivity contribution < 1.29 is 0 Å². The number of para-hydroxylation sites is 1. The minimum atomic E-state index is 0.273. The fraction of sp³-hybridized carbons (Fsp3) is 0.200. The maximum absolute atomic E-state index is 6.13. The molecule has 0 amide bonds. The van der Waals surface area contributed by atoms with Crippen LogP contribution in [0.15, 0.2) is 48.5 Å². The van der Waals surface area contributed by atoms with Crippen LogP contribution in [0.1, 0.15) is 12.5 Å². The fourth-order valence-electron chi connectivity index (χ4n) is 1.96. The molecule has 2 nitrogen and oxygen atoms in total. The summed E-state index contributed by atoms with van der Waals surface area (Å²) in [6.45, 7) is 2.12. The van der Waals surface area contributed by atoms with Gasteiger partial charge in [0.05, 0.1) is 16.4 Å². The molecule has 0 saturated heterocycles. The topological polar surface area (TPSA) is 38.0 Å². The van der Waals surface area contributed by atoms with Crippen molar-refractivity contribution in [2.24, 2.45) is 0 Å². The molecule has 0 aliphatic heterocycles. The van der Waals surface area contributed by atoms with Gasteiger partial charge in [0.1, 0.15) is 0 Å². The lowest BCUT2D eigenvalue weighted by molar-refractivity contribution is 0.791. The lowest BCUT2D eigenvalue weighted by Crippen LogP contribution is -2.19. The molecule has 1 unspecified atom stereocenters. The third-order valence-electron chi connectivity index (χ3n) is 2.82. The highest BCUT2D eigenvalue weighted by Crippen LogP contribution is 2.28. The molecule has 0 fully saturated rings. The van der Waals surface area contributed by atoms with Crippen molar-refractivity contribution in [1.29, 1.82) is 0 Å². The van der Waals surface area contributed by atoms with Crippen LogP contribution in [0.3, 0.4) is 0 Å². The molecule has 3 N–H and O–H groups in total. The van der Waals surface area contributed by atoms with Crippen LogP contribution in [0.5, 0.6) is 0 Å². The molecule has 0 aromatic heterocycles. The first-order chi connectivity index (χ1) is 8.66. The van der Waals surface area contributed by atoms with Gasteiger partial charge in [-0.05, 0) is 31.0 Å². The zero-order valence-corrected chi connectivity index (χ0v) is 11.1. The number of hydrogen-bond acceptors (Lipinski definition) is 2. The predicted octanol–water partition coefficient (Wildman–Crippen LogP) is 3.97. The maximum atomic E-state index is 6.13. The summed E-state index contributed by atoms with van der Waals surface area (Å²) < 4.78 is 0. The van der Waals surface area contributed by atoms with E-state index in [1.165, 1.54) is 5.56 Å².